The summed E-state index contributed by atoms with van der Waals surface area (Å²) in [6.07, 6.45) is -2.25. The lowest BCUT2D eigenvalue weighted by molar-refractivity contribution is -0.165. The standard InChI is InChI=1S/C24H27NO4.C4H6O6/c1-3-28-24(27)22-21-18(15-25-13-11-16(2)12-14-25)19(26)9-10-20(21)29-23(22)17-7-5-4-6-8-17;5-1(3(7)8)2(6)4(9)10/h4-10,16,26H,3,11-15H2,1-2H3;1-2,5-6H,(H,7,8)(H,9,10). The van der Waals surface area contributed by atoms with E-state index >= 15 is 0 Å². The first-order chi connectivity index (χ1) is 18.5. The lowest BCUT2D eigenvalue weighted by atomic mass is 9.97. The van der Waals surface area contributed by atoms with Gasteiger partial charge in [0.1, 0.15) is 22.7 Å². The number of piperidine rings is 1. The van der Waals surface area contributed by atoms with Crippen molar-refractivity contribution in [1.82, 2.24) is 4.90 Å². The van der Waals surface area contributed by atoms with Crippen LogP contribution < -0.4 is 0 Å². The van der Waals surface area contributed by atoms with Gasteiger partial charge in [-0.05, 0) is 50.9 Å². The third-order valence-electron chi connectivity index (χ3n) is 6.52. The van der Waals surface area contributed by atoms with Crippen molar-refractivity contribution in [2.24, 2.45) is 5.92 Å². The average molecular weight is 544 g/mol. The largest absolute Gasteiger partial charge is 0.508 e. The Bertz CT molecular complexity index is 1280. The third-order valence-corrected chi connectivity index (χ3v) is 6.52. The van der Waals surface area contributed by atoms with Crippen molar-refractivity contribution < 1.29 is 49.1 Å². The summed E-state index contributed by atoms with van der Waals surface area (Å²) in [6, 6.07) is 12.9. The molecule has 2 unspecified atom stereocenters. The summed E-state index contributed by atoms with van der Waals surface area (Å²) in [5.74, 6) is -2.57. The Morgan fingerprint density at radius 2 is 1.59 bits per heavy atom. The van der Waals surface area contributed by atoms with Crippen LogP contribution in [0.1, 0.15) is 42.6 Å². The predicted octanol–water partition coefficient (Wildman–Crippen LogP) is 3.09. The molecule has 39 heavy (non-hydrogen) atoms. The quantitative estimate of drug-likeness (QED) is 0.264. The van der Waals surface area contributed by atoms with Gasteiger partial charge in [-0.1, -0.05) is 37.3 Å². The highest BCUT2D eigenvalue weighted by atomic mass is 16.5. The molecular weight excluding hydrogens is 510 g/mol. The third kappa shape index (κ3) is 7.14. The number of aliphatic hydroxyl groups is 2. The molecule has 0 bridgehead atoms. The topological polar surface area (TPSA) is 178 Å². The number of aliphatic carboxylic acids is 2. The van der Waals surface area contributed by atoms with E-state index in [0.29, 0.717) is 28.8 Å². The molecule has 210 valence electrons. The van der Waals surface area contributed by atoms with Crippen molar-refractivity contribution in [3.05, 3.63) is 53.6 Å². The molecule has 0 aliphatic carbocycles. The number of carboxylic acid groups (broad SMARTS) is 2. The molecule has 11 nitrogen and oxygen atoms in total. The number of carbonyl (C=O) groups excluding carboxylic acids is 1. The minimum Gasteiger partial charge on any atom is -0.508 e. The summed E-state index contributed by atoms with van der Waals surface area (Å²) in [7, 11) is 0. The van der Waals surface area contributed by atoms with Crippen molar-refractivity contribution in [1.29, 1.82) is 0 Å². The highest BCUT2D eigenvalue weighted by Crippen LogP contribution is 2.39. The maximum atomic E-state index is 12.9. The molecule has 5 N–H and O–H groups in total. The molecule has 3 aromatic rings. The first kappa shape index (κ1) is 29.6. The van der Waals surface area contributed by atoms with Gasteiger partial charge in [0, 0.05) is 23.1 Å². The number of rotatable bonds is 8. The van der Waals surface area contributed by atoms with E-state index in [9.17, 15) is 19.5 Å². The summed E-state index contributed by atoms with van der Waals surface area (Å²) in [5.41, 5.74) is 2.52. The number of carbonyl (C=O) groups is 3. The minimum atomic E-state index is -2.27. The number of benzene rings is 2. The number of furan rings is 1. The summed E-state index contributed by atoms with van der Waals surface area (Å²) in [5, 5.41) is 43.9. The molecule has 2 aromatic carbocycles. The zero-order valence-corrected chi connectivity index (χ0v) is 21.7. The van der Waals surface area contributed by atoms with E-state index in [1.54, 1.807) is 19.1 Å². The molecule has 1 aromatic heterocycles. The molecule has 0 radical (unpaired) electrons. The number of phenols is 1. The fourth-order valence-corrected chi connectivity index (χ4v) is 4.31. The van der Waals surface area contributed by atoms with Crippen LogP contribution in [0.3, 0.4) is 0 Å². The van der Waals surface area contributed by atoms with Gasteiger partial charge in [0.15, 0.2) is 12.2 Å². The zero-order chi connectivity index (χ0) is 28.7. The number of carboxylic acids is 2. The van der Waals surface area contributed by atoms with E-state index in [2.05, 4.69) is 11.8 Å². The Kier molecular flexibility index (Phi) is 10.0. The smallest absolute Gasteiger partial charge is 0.342 e. The Morgan fingerprint density at radius 3 is 2.13 bits per heavy atom. The number of nitrogens with zero attached hydrogens (tertiary/aromatic N) is 1. The molecule has 2 heterocycles. The van der Waals surface area contributed by atoms with Crippen LogP contribution in [0.2, 0.25) is 0 Å². The zero-order valence-electron chi connectivity index (χ0n) is 21.7. The summed E-state index contributed by atoms with van der Waals surface area (Å²) >= 11 is 0. The van der Waals surface area contributed by atoms with Gasteiger partial charge in [0.2, 0.25) is 0 Å². The number of aromatic hydroxyl groups is 1. The van der Waals surface area contributed by atoms with Gasteiger partial charge in [-0.2, -0.15) is 0 Å². The van der Waals surface area contributed by atoms with Gasteiger partial charge in [-0.25, -0.2) is 14.4 Å². The SMILES string of the molecule is CCOC(=O)c1c(-c2ccccc2)oc2ccc(O)c(CN3CCC(C)CC3)c12.O=C(O)C(O)C(O)C(=O)O. The van der Waals surface area contributed by atoms with Crippen LogP contribution in [0.15, 0.2) is 46.9 Å². The van der Waals surface area contributed by atoms with Crippen LogP contribution in [-0.4, -0.2) is 80.2 Å². The van der Waals surface area contributed by atoms with Crippen LogP contribution in [0.5, 0.6) is 5.75 Å². The number of aliphatic hydroxyl groups excluding tert-OH is 2. The number of hydrogen-bond acceptors (Lipinski definition) is 9. The van der Waals surface area contributed by atoms with Crippen molar-refractivity contribution in [3.8, 4) is 17.1 Å². The molecule has 1 aliphatic rings. The highest BCUT2D eigenvalue weighted by molar-refractivity contribution is 6.10. The van der Waals surface area contributed by atoms with E-state index in [1.165, 1.54) is 0 Å². The van der Waals surface area contributed by atoms with Gasteiger partial charge in [-0.3, -0.25) is 4.90 Å². The number of phenolic OH excluding ortho intramolecular Hbond substituents is 1. The molecule has 0 amide bonds. The second-order valence-corrected chi connectivity index (χ2v) is 9.35. The lowest BCUT2D eigenvalue weighted by Crippen LogP contribution is -2.39. The molecule has 2 atom stereocenters. The molecule has 0 spiro atoms. The molecule has 4 rings (SSSR count). The molecule has 1 fully saturated rings. The first-order valence-corrected chi connectivity index (χ1v) is 12.6. The van der Waals surface area contributed by atoms with Gasteiger partial charge in [-0.15, -0.1) is 0 Å². The second kappa shape index (κ2) is 13.2. The van der Waals surface area contributed by atoms with E-state index in [4.69, 9.17) is 29.6 Å². The molecule has 1 aliphatic heterocycles. The van der Waals surface area contributed by atoms with E-state index < -0.39 is 30.1 Å². The van der Waals surface area contributed by atoms with Crippen LogP contribution >= 0.6 is 0 Å². The van der Waals surface area contributed by atoms with Crippen molar-refractivity contribution in [3.63, 3.8) is 0 Å². The van der Waals surface area contributed by atoms with Gasteiger partial charge in [0.25, 0.3) is 0 Å². The summed E-state index contributed by atoms with van der Waals surface area (Å²) in [6.45, 7) is 6.88. The first-order valence-electron chi connectivity index (χ1n) is 12.6. The Labute approximate surface area is 224 Å². The van der Waals surface area contributed by atoms with Crippen molar-refractivity contribution >= 4 is 28.9 Å². The van der Waals surface area contributed by atoms with Gasteiger partial charge < -0.3 is 34.7 Å². The molecule has 1 saturated heterocycles. The number of likely N-dealkylation sites (tertiary alicyclic amines) is 1. The van der Waals surface area contributed by atoms with Crippen LogP contribution in [0.4, 0.5) is 0 Å². The predicted molar refractivity (Wildman–Crippen MR) is 140 cm³/mol. The molecular formula is C28H33NO10. The van der Waals surface area contributed by atoms with E-state index in [0.717, 1.165) is 43.0 Å². The Hall–Kier alpha value is -3.93. The van der Waals surface area contributed by atoms with Crippen LogP contribution in [-0.2, 0) is 20.9 Å². The lowest BCUT2D eigenvalue weighted by Gasteiger charge is -2.30. The minimum absolute atomic E-state index is 0.182. The monoisotopic (exact) mass is 543 g/mol. The Morgan fingerprint density at radius 1 is 1.00 bits per heavy atom. The number of ether oxygens (including phenoxy) is 1. The van der Waals surface area contributed by atoms with Crippen molar-refractivity contribution in [2.45, 2.75) is 45.4 Å². The van der Waals surface area contributed by atoms with Crippen LogP contribution in [0, 0.1) is 5.92 Å². The summed E-state index contributed by atoms with van der Waals surface area (Å²) in [4.78, 5) is 34.8. The summed E-state index contributed by atoms with van der Waals surface area (Å²) < 4.78 is 11.5. The van der Waals surface area contributed by atoms with E-state index in [-0.39, 0.29) is 12.4 Å². The molecule has 0 saturated carbocycles. The van der Waals surface area contributed by atoms with Gasteiger partial charge in [0.05, 0.1) is 6.61 Å². The maximum Gasteiger partial charge on any atom is 0.342 e. The number of fused-ring (bicyclic) bond motifs is 1. The van der Waals surface area contributed by atoms with Gasteiger partial charge >= 0.3 is 17.9 Å². The Balaban J connectivity index is 0.000000360. The number of hydrogen-bond donors (Lipinski definition) is 5. The fourth-order valence-electron chi connectivity index (χ4n) is 4.31. The number of esters is 1. The highest BCUT2D eigenvalue weighted by Gasteiger charge is 2.30. The fraction of sp³-hybridized carbons (Fsp3) is 0.393. The van der Waals surface area contributed by atoms with E-state index in [1.807, 2.05) is 30.3 Å². The van der Waals surface area contributed by atoms with Crippen molar-refractivity contribution in [2.75, 3.05) is 19.7 Å². The van der Waals surface area contributed by atoms with Crippen LogP contribution in [0.25, 0.3) is 22.3 Å². The molecule has 11 heteroatoms. The normalized spacial score (nSPS) is 15.7. The maximum absolute atomic E-state index is 12.9. The second-order valence-electron chi connectivity index (χ2n) is 9.35. The average Bonchev–Trinajstić information content (AvgIpc) is 3.31.